The zero-order valence-corrected chi connectivity index (χ0v) is 11.8. The summed E-state index contributed by atoms with van der Waals surface area (Å²) in [5.41, 5.74) is 2.44. The highest BCUT2D eigenvalue weighted by Crippen LogP contribution is 2.20. The Morgan fingerprint density at radius 1 is 1.16 bits per heavy atom. The van der Waals surface area contributed by atoms with E-state index in [0.29, 0.717) is 15.8 Å². The van der Waals surface area contributed by atoms with Crippen LogP contribution in [0.15, 0.2) is 42.5 Å². The van der Waals surface area contributed by atoms with Crippen molar-refractivity contribution in [3.05, 3.63) is 58.9 Å². The van der Waals surface area contributed by atoms with Crippen LogP contribution in [-0.4, -0.2) is 5.11 Å². The van der Waals surface area contributed by atoms with Crippen molar-refractivity contribution in [3.63, 3.8) is 0 Å². The standard InChI is InChI=1S/C14H12ClFN2S/c1-9-7-10(15)5-6-13(9)18-14(19)17-12-4-2-3-11(16)8-12/h2-8H,1H3,(H2,17,18,19). The van der Waals surface area contributed by atoms with Crippen LogP contribution >= 0.6 is 23.8 Å². The predicted octanol–water partition coefficient (Wildman–Crippen LogP) is 4.60. The highest BCUT2D eigenvalue weighted by Gasteiger charge is 2.03. The minimum absolute atomic E-state index is 0.310. The fourth-order valence-corrected chi connectivity index (χ4v) is 2.07. The fraction of sp³-hybridized carbons (Fsp3) is 0.0714. The molecule has 0 aliphatic rings. The van der Waals surface area contributed by atoms with Gasteiger partial charge < -0.3 is 10.6 Å². The van der Waals surface area contributed by atoms with Crippen LogP contribution in [0, 0.1) is 12.7 Å². The van der Waals surface area contributed by atoms with Crippen LogP contribution in [0.4, 0.5) is 15.8 Å². The summed E-state index contributed by atoms with van der Waals surface area (Å²) in [5.74, 6) is -0.310. The van der Waals surface area contributed by atoms with Crippen molar-refractivity contribution >= 4 is 40.3 Å². The maximum Gasteiger partial charge on any atom is 0.175 e. The van der Waals surface area contributed by atoms with Gasteiger partial charge in [0.05, 0.1) is 0 Å². The van der Waals surface area contributed by atoms with E-state index in [1.165, 1.54) is 12.1 Å². The molecule has 2 N–H and O–H groups in total. The monoisotopic (exact) mass is 294 g/mol. The van der Waals surface area contributed by atoms with Crippen LogP contribution in [0.5, 0.6) is 0 Å². The Morgan fingerprint density at radius 3 is 2.63 bits per heavy atom. The van der Waals surface area contributed by atoms with Gasteiger partial charge in [-0.3, -0.25) is 0 Å². The molecule has 0 atom stereocenters. The lowest BCUT2D eigenvalue weighted by molar-refractivity contribution is 0.628. The van der Waals surface area contributed by atoms with Crippen molar-refractivity contribution in [1.29, 1.82) is 0 Å². The summed E-state index contributed by atoms with van der Waals surface area (Å²) in [6.07, 6.45) is 0. The smallest absolute Gasteiger partial charge is 0.175 e. The molecule has 2 aromatic carbocycles. The molecule has 0 radical (unpaired) electrons. The quantitative estimate of drug-likeness (QED) is 0.792. The Balaban J connectivity index is 2.05. The normalized spacial score (nSPS) is 10.1. The van der Waals surface area contributed by atoms with Crippen molar-refractivity contribution in [3.8, 4) is 0 Å². The van der Waals surface area contributed by atoms with Crippen LogP contribution in [0.3, 0.4) is 0 Å². The minimum atomic E-state index is -0.310. The molecule has 2 aromatic rings. The number of halogens is 2. The van der Waals surface area contributed by atoms with Gasteiger partial charge >= 0.3 is 0 Å². The molecule has 0 saturated carbocycles. The number of thiocarbonyl (C=S) groups is 1. The average Bonchev–Trinajstić information content (AvgIpc) is 2.33. The van der Waals surface area contributed by atoms with Crippen molar-refractivity contribution in [1.82, 2.24) is 0 Å². The molecule has 0 spiro atoms. The van der Waals surface area contributed by atoms with Gasteiger partial charge in [0.25, 0.3) is 0 Å². The number of benzene rings is 2. The first-order valence-electron chi connectivity index (χ1n) is 5.64. The zero-order valence-electron chi connectivity index (χ0n) is 10.2. The number of anilines is 2. The number of aryl methyl sites for hydroxylation is 1. The van der Waals surface area contributed by atoms with Gasteiger partial charge in [-0.05, 0) is 61.1 Å². The van der Waals surface area contributed by atoms with E-state index in [9.17, 15) is 4.39 Å². The molecular formula is C14H12ClFN2S. The molecule has 0 fully saturated rings. The Hall–Kier alpha value is -1.65. The van der Waals surface area contributed by atoms with Crippen LogP contribution in [0.25, 0.3) is 0 Å². The molecule has 0 unspecified atom stereocenters. The molecule has 19 heavy (non-hydrogen) atoms. The Labute approximate surface area is 121 Å². The number of nitrogens with one attached hydrogen (secondary N) is 2. The van der Waals surface area contributed by atoms with E-state index >= 15 is 0 Å². The molecule has 0 aliphatic carbocycles. The van der Waals surface area contributed by atoms with E-state index in [-0.39, 0.29) is 5.82 Å². The molecule has 98 valence electrons. The van der Waals surface area contributed by atoms with E-state index in [0.717, 1.165) is 11.3 Å². The predicted molar refractivity (Wildman–Crippen MR) is 82.4 cm³/mol. The molecule has 0 heterocycles. The Morgan fingerprint density at radius 2 is 1.95 bits per heavy atom. The molecule has 2 nitrogen and oxygen atoms in total. The second kappa shape index (κ2) is 5.99. The van der Waals surface area contributed by atoms with Gasteiger partial charge in [-0.25, -0.2) is 4.39 Å². The lowest BCUT2D eigenvalue weighted by Crippen LogP contribution is -2.19. The third-order valence-corrected chi connectivity index (χ3v) is 2.96. The molecule has 0 aliphatic heterocycles. The summed E-state index contributed by atoms with van der Waals surface area (Å²) < 4.78 is 13.0. The first-order chi connectivity index (χ1) is 9.04. The lowest BCUT2D eigenvalue weighted by atomic mass is 10.2. The summed E-state index contributed by atoms with van der Waals surface area (Å²) in [4.78, 5) is 0. The molecular weight excluding hydrogens is 283 g/mol. The van der Waals surface area contributed by atoms with Crippen LogP contribution < -0.4 is 10.6 Å². The van der Waals surface area contributed by atoms with Gasteiger partial charge in [-0.15, -0.1) is 0 Å². The highest BCUT2D eigenvalue weighted by molar-refractivity contribution is 7.80. The van der Waals surface area contributed by atoms with Gasteiger partial charge in [0.1, 0.15) is 5.82 Å². The average molecular weight is 295 g/mol. The topological polar surface area (TPSA) is 24.1 Å². The lowest BCUT2D eigenvalue weighted by Gasteiger charge is -2.12. The Kier molecular flexibility index (Phi) is 4.35. The fourth-order valence-electron chi connectivity index (χ4n) is 1.62. The summed E-state index contributed by atoms with van der Waals surface area (Å²) in [6.45, 7) is 1.93. The van der Waals surface area contributed by atoms with E-state index < -0.39 is 0 Å². The SMILES string of the molecule is Cc1cc(Cl)ccc1NC(=S)Nc1cccc(F)c1. The van der Waals surface area contributed by atoms with E-state index in [1.807, 2.05) is 19.1 Å². The number of hydrogen-bond acceptors (Lipinski definition) is 1. The maximum absolute atomic E-state index is 13.0. The van der Waals surface area contributed by atoms with Crippen molar-refractivity contribution in [2.24, 2.45) is 0 Å². The van der Waals surface area contributed by atoms with Crippen LogP contribution in [0.2, 0.25) is 5.02 Å². The van der Waals surface area contributed by atoms with Crippen LogP contribution in [-0.2, 0) is 0 Å². The largest absolute Gasteiger partial charge is 0.332 e. The first kappa shape index (κ1) is 13.8. The molecule has 2 rings (SSSR count). The maximum atomic E-state index is 13.0. The molecule has 0 saturated heterocycles. The second-order valence-electron chi connectivity index (χ2n) is 4.05. The summed E-state index contributed by atoms with van der Waals surface area (Å²) in [5, 5.41) is 7.04. The molecule has 0 amide bonds. The Bertz CT molecular complexity index is 616. The second-order valence-corrected chi connectivity index (χ2v) is 4.89. The zero-order chi connectivity index (χ0) is 13.8. The number of rotatable bonds is 2. The van der Waals surface area contributed by atoms with Gasteiger partial charge in [-0.2, -0.15) is 0 Å². The van der Waals surface area contributed by atoms with Gasteiger partial charge in [0.15, 0.2) is 5.11 Å². The molecule has 5 heteroatoms. The highest BCUT2D eigenvalue weighted by atomic mass is 35.5. The van der Waals surface area contributed by atoms with Crippen molar-refractivity contribution < 1.29 is 4.39 Å². The van der Waals surface area contributed by atoms with Gasteiger partial charge in [0, 0.05) is 16.4 Å². The summed E-state index contributed by atoms with van der Waals surface area (Å²) in [7, 11) is 0. The third kappa shape index (κ3) is 3.91. The van der Waals surface area contributed by atoms with E-state index in [4.69, 9.17) is 23.8 Å². The minimum Gasteiger partial charge on any atom is -0.332 e. The number of hydrogen-bond donors (Lipinski definition) is 2. The first-order valence-corrected chi connectivity index (χ1v) is 6.43. The third-order valence-electron chi connectivity index (χ3n) is 2.52. The van der Waals surface area contributed by atoms with Crippen molar-refractivity contribution in [2.45, 2.75) is 6.92 Å². The molecule has 0 bridgehead atoms. The van der Waals surface area contributed by atoms with Crippen molar-refractivity contribution in [2.75, 3.05) is 10.6 Å². The summed E-state index contributed by atoms with van der Waals surface area (Å²) >= 11 is 11.1. The van der Waals surface area contributed by atoms with E-state index in [2.05, 4.69) is 10.6 Å². The summed E-state index contributed by atoms with van der Waals surface area (Å²) in [6, 6.07) is 11.6. The van der Waals surface area contributed by atoms with Gasteiger partial charge in [0.2, 0.25) is 0 Å². The van der Waals surface area contributed by atoms with Gasteiger partial charge in [-0.1, -0.05) is 17.7 Å². The van der Waals surface area contributed by atoms with E-state index in [1.54, 1.807) is 18.2 Å². The molecule has 0 aromatic heterocycles. The van der Waals surface area contributed by atoms with Crippen LogP contribution in [0.1, 0.15) is 5.56 Å².